The lowest BCUT2D eigenvalue weighted by atomic mass is 10.1. The first-order valence-electron chi connectivity index (χ1n) is 10.2. The molecule has 6 nitrogen and oxygen atoms in total. The van der Waals surface area contributed by atoms with E-state index >= 15 is 0 Å². The maximum absolute atomic E-state index is 5.43. The molecular formula is C23H29N5O. The van der Waals surface area contributed by atoms with E-state index in [4.69, 9.17) is 4.74 Å². The molecular weight excluding hydrogens is 362 g/mol. The third kappa shape index (κ3) is 4.90. The second-order valence-electron chi connectivity index (χ2n) is 7.23. The van der Waals surface area contributed by atoms with E-state index in [1.807, 2.05) is 7.05 Å². The van der Waals surface area contributed by atoms with Crippen molar-refractivity contribution >= 4 is 22.5 Å². The number of nitrogens with zero attached hydrogens (tertiary/aromatic N) is 2. The number of aliphatic imine (C=N–C) groups is 1. The molecule has 0 radical (unpaired) electrons. The zero-order valence-electron chi connectivity index (χ0n) is 16.9. The normalized spacial score (nSPS) is 14.9. The number of rotatable bonds is 6. The SMILES string of the molecule is CN=C(NCCc1c[nH]c2ccccc12)NCc1ccc(N2CCOCC2)cc1. The molecule has 0 amide bonds. The number of aromatic amines is 1. The number of guanidine groups is 1. The number of fused-ring (bicyclic) bond motifs is 1. The molecule has 2 aromatic carbocycles. The zero-order valence-corrected chi connectivity index (χ0v) is 16.9. The highest BCUT2D eigenvalue weighted by molar-refractivity contribution is 5.83. The highest BCUT2D eigenvalue weighted by Gasteiger charge is 2.10. The average Bonchev–Trinajstić information content (AvgIpc) is 3.20. The summed E-state index contributed by atoms with van der Waals surface area (Å²) >= 11 is 0. The highest BCUT2D eigenvalue weighted by atomic mass is 16.5. The molecule has 0 saturated carbocycles. The van der Waals surface area contributed by atoms with E-state index < -0.39 is 0 Å². The summed E-state index contributed by atoms with van der Waals surface area (Å²) in [6, 6.07) is 17.1. The molecule has 0 atom stereocenters. The summed E-state index contributed by atoms with van der Waals surface area (Å²) in [5, 5.41) is 8.10. The first-order chi connectivity index (χ1) is 14.3. The Morgan fingerprint density at radius 3 is 2.66 bits per heavy atom. The van der Waals surface area contributed by atoms with E-state index in [9.17, 15) is 0 Å². The number of nitrogens with one attached hydrogen (secondary N) is 3. The Morgan fingerprint density at radius 1 is 1.07 bits per heavy atom. The van der Waals surface area contributed by atoms with Crippen LogP contribution in [0.3, 0.4) is 0 Å². The van der Waals surface area contributed by atoms with Gasteiger partial charge in [-0.05, 0) is 35.7 Å². The van der Waals surface area contributed by atoms with Gasteiger partial charge < -0.3 is 25.3 Å². The van der Waals surface area contributed by atoms with Gasteiger partial charge in [-0.2, -0.15) is 0 Å². The van der Waals surface area contributed by atoms with Crippen molar-refractivity contribution < 1.29 is 4.74 Å². The Morgan fingerprint density at radius 2 is 1.86 bits per heavy atom. The Bertz CT molecular complexity index is 941. The van der Waals surface area contributed by atoms with Crippen LogP contribution in [0.2, 0.25) is 0 Å². The monoisotopic (exact) mass is 391 g/mol. The summed E-state index contributed by atoms with van der Waals surface area (Å²) in [5.41, 5.74) is 5.01. The Hall–Kier alpha value is -2.99. The van der Waals surface area contributed by atoms with Gasteiger partial charge in [-0.1, -0.05) is 30.3 Å². The highest BCUT2D eigenvalue weighted by Crippen LogP contribution is 2.18. The third-order valence-electron chi connectivity index (χ3n) is 5.36. The fourth-order valence-corrected chi connectivity index (χ4v) is 3.71. The van der Waals surface area contributed by atoms with Crippen molar-refractivity contribution in [3.63, 3.8) is 0 Å². The van der Waals surface area contributed by atoms with E-state index in [0.717, 1.165) is 51.8 Å². The number of aromatic nitrogens is 1. The van der Waals surface area contributed by atoms with Crippen molar-refractivity contribution in [3.8, 4) is 0 Å². The number of ether oxygens (including phenoxy) is 1. The molecule has 1 aliphatic heterocycles. The Balaban J connectivity index is 1.25. The minimum atomic E-state index is 0.746. The predicted octanol–water partition coefficient (Wildman–Crippen LogP) is 2.91. The molecule has 4 rings (SSSR count). The van der Waals surface area contributed by atoms with Crippen molar-refractivity contribution in [2.45, 2.75) is 13.0 Å². The first-order valence-corrected chi connectivity index (χ1v) is 10.2. The first kappa shape index (κ1) is 19.3. The van der Waals surface area contributed by atoms with Gasteiger partial charge in [0.1, 0.15) is 0 Å². The minimum absolute atomic E-state index is 0.746. The molecule has 1 saturated heterocycles. The molecule has 29 heavy (non-hydrogen) atoms. The van der Waals surface area contributed by atoms with Gasteiger partial charge >= 0.3 is 0 Å². The quantitative estimate of drug-likeness (QED) is 0.447. The van der Waals surface area contributed by atoms with Crippen molar-refractivity contribution in [1.29, 1.82) is 0 Å². The molecule has 1 aromatic heterocycles. The van der Waals surface area contributed by atoms with E-state index in [0.29, 0.717) is 0 Å². The second-order valence-corrected chi connectivity index (χ2v) is 7.23. The van der Waals surface area contributed by atoms with Gasteiger partial charge in [0.25, 0.3) is 0 Å². The third-order valence-corrected chi connectivity index (χ3v) is 5.36. The number of morpholine rings is 1. The summed E-state index contributed by atoms with van der Waals surface area (Å²) in [6.07, 6.45) is 3.04. The van der Waals surface area contributed by atoms with Gasteiger partial charge in [-0.15, -0.1) is 0 Å². The van der Waals surface area contributed by atoms with Crippen LogP contribution < -0.4 is 15.5 Å². The smallest absolute Gasteiger partial charge is 0.191 e. The zero-order chi connectivity index (χ0) is 19.9. The van der Waals surface area contributed by atoms with Gasteiger partial charge in [0.2, 0.25) is 0 Å². The summed E-state index contributed by atoms with van der Waals surface area (Å²) in [5.74, 6) is 0.821. The van der Waals surface area contributed by atoms with Gasteiger partial charge in [-0.25, -0.2) is 0 Å². The number of benzene rings is 2. The van der Waals surface area contributed by atoms with Crippen molar-refractivity contribution in [2.75, 3.05) is 44.8 Å². The number of hydrogen-bond donors (Lipinski definition) is 3. The molecule has 6 heteroatoms. The van der Waals surface area contributed by atoms with Crippen LogP contribution in [-0.4, -0.2) is 50.8 Å². The molecule has 1 fully saturated rings. The Kier molecular flexibility index (Phi) is 6.32. The fourth-order valence-electron chi connectivity index (χ4n) is 3.71. The molecule has 0 spiro atoms. The predicted molar refractivity (Wildman–Crippen MR) is 120 cm³/mol. The summed E-state index contributed by atoms with van der Waals surface area (Å²) in [7, 11) is 1.81. The van der Waals surface area contributed by atoms with Crippen molar-refractivity contribution in [3.05, 3.63) is 65.9 Å². The number of hydrogen-bond acceptors (Lipinski definition) is 3. The van der Waals surface area contributed by atoms with E-state index in [-0.39, 0.29) is 0 Å². The van der Waals surface area contributed by atoms with Crippen LogP contribution in [0.15, 0.2) is 59.7 Å². The summed E-state index contributed by atoms with van der Waals surface area (Å²) < 4.78 is 5.43. The lowest BCUT2D eigenvalue weighted by Gasteiger charge is -2.28. The van der Waals surface area contributed by atoms with E-state index in [1.165, 1.54) is 27.7 Å². The number of anilines is 1. The van der Waals surface area contributed by atoms with Crippen LogP contribution in [0, 0.1) is 0 Å². The molecule has 0 bridgehead atoms. The average molecular weight is 392 g/mol. The minimum Gasteiger partial charge on any atom is -0.378 e. The second kappa shape index (κ2) is 9.47. The molecule has 0 aliphatic carbocycles. The molecule has 3 N–H and O–H groups in total. The van der Waals surface area contributed by atoms with Crippen LogP contribution in [0.25, 0.3) is 10.9 Å². The topological polar surface area (TPSA) is 64.7 Å². The van der Waals surface area contributed by atoms with Gasteiger partial charge in [0, 0.05) is 56.0 Å². The molecule has 1 aliphatic rings. The maximum Gasteiger partial charge on any atom is 0.191 e. The van der Waals surface area contributed by atoms with Crippen LogP contribution in [0.5, 0.6) is 0 Å². The largest absolute Gasteiger partial charge is 0.378 e. The molecule has 152 valence electrons. The maximum atomic E-state index is 5.43. The van der Waals surface area contributed by atoms with E-state index in [1.54, 1.807) is 0 Å². The summed E-state index contributed by atoms with van der Waals surface area (Å²) in [4.78, 5) is 10.0. The Labute approximate surface area is 172 Å². The van der Waals surface area contributed by atoms with Crippen LogP contribution >= 0.6 is 0 Å². The lowest BCUT2D eigenvalue weighted by molar-refractivity contribution is 0.122. The number of para-hydroxylation sites is 1. The van der Waals surface area contributed by atoms with Gasteiger partial charge in [-0.3, -0.25) is 4.99 Å². The van der Waals surface area contributed by atoms with Crippen LogP contribution in [-0.2, 0) is 17.7 Å². The van der Waals surface area contributed by atoms with Crippen molar-refractivity contribution in [2.24, 2.45) is 4.99 Å². The molecule has 2 heterocycles. The molecule has 0 unspecified atom stereocenters. The van der Waals surface area contributed by atoms with Gasteiger partial charge in [0.05, 0.1) is 13.2 Å². The van der Waals surface area contributed by atoms with Crippen LogP contribution in [0.4, 0.5) is 5.69 Å². The lowest BCUT2D eigenvalue weighted by Crippen LogP contribution is -2.38. The molecule has 3 aromatic rings. The van der Waals surface area contributed by atoms with Crippen molar-refractivity contribution in [1.82, 2.24) is 15.6 Å². The standard InChI is InChI=1S/C23H29N5O/c1-24-23(25-11-10-19-17-26-22-5-3-2-4-21(19)22)27-16-18-6-8-20(9-7-18)28-12-14-29-15-13-28/h2-9,17,26H,10-16H2,1H3,(H2,24,25,27). The van der Waals surface area contributed by atoms with E-state index in [2.05, 4.69) is 80.2 Å². The number of H-pyrrole nitrogens is 1. The van der Waals surface area contributed by atoms with Gasteiger partial charge in [0.15, 0.2) is 5.96 Å². The summed E-state index contributed by atoms with van der Waals surface area (Å²) in [6.45, 7) is 5.12. The van der Waals surface area contributed by atoms with Crippen LogP contribution in [0.1, 0.15) is 11.1 Å². The fraction of sp³-hybridized carbons (Fsp3) is 0.348.